The Labute approximate surface area is 57.6 Å². The van der Waals surface area contributed by atoms with E-state index in [0.717, 1.165) is 0 Å². The molecule has 0 aliphatic rings. The Bertz CT molecular complexity index is 99.8. The molecule has 60 valence electrons. The Morgan fingerprint density at radius 2 is 1.70 bits per heavy atom. The molecule has 0 aromatic rings. The molecule has 0 unspecified atom stereocenters. The van der Waals surface area contributed by atoms with Crippen LogP contribution >= 0.6 is 0 Å². The van der Waals surface area contributed by atoms with Gasteiger partial charge in [0.15, 0.2) is 0 Å². The summed E-state index contributed by atoms with van der Waals surface area (Å²) in [4.78, 5) is 18.5. The van der Waals surface area contributed by atoms with Crippen LogP contribution in [-0.4, -0.2) is 35.9 Å². The molecule has 5 N–H and O–H groups in total. The van der Waals surface area contributed by atoms with Crippen molar-refractivity contribution in [2.24, 2.45) is 5.73 Å². The molecule has 0 aliphatic heterocycles. The second-order valence-electron chi connectivity index (χ2n) is 1.15. The molecule has 0 spiro atoms. The zero-order valence-corrected chi connectivity index (χ0v) is 5.50. The Morgan fingerprint density at radius 1 is 1.50 bits per heavy atom. The van der Waals surface area contributed by atoms with Gasteiger partial charge >= 0.3 is 12.1 Å². The van der Waals surface area contributed by atoms with Gasteiger partial charge in [0.25, 0.3) is 0 Å². The lowest BCUT2D eigenvalue weighted by Crippen LogP contribution is -2.13. The first-order valence-corrected chi connectivity index (χ1v) is 2.37. The number of hydrogen-bond acceptors (Lipinski definition) is 3. The summed E-state index contributed by atoms with van der Waals surface area (Å²) in [5.74, 6) is -0.968. The molecule has 0 bridgehead atoms. The standard InChI is InChI=1S/2C2H5NO2/c1-3-2(4)5;3-1-2(4)5/h3H,1H3,(H,4,5);1,3H2,(H,4,5). The minimum Gasteiger partial charge on any atom is -0.480 e. The highest BCUT2D eigenvalue weighted by atomic mass is 16.4. The maximum atomic E-state index is 9.26. The Kier molecular flexibility index (Phi) is 8.85. The first kappa shape index (κ1) is 11.5. The lowest BCUT2D eigenvalue weighted by Gasteiger charge is -1.78. The number of rotatable bonds is 1. The number of aliphatic carboxylic acids is 1. The van der Waals surface area contributed by atoms with E-state index in [-0.39, 0.29) is 6.54 Å². The molecule has 0 aromatic carbocycles. The van der Waals surface area contributed by atoms with Gasteiger partial charge in [0.05, 0.1) is 6.54 Å². The predicted molar refractivity (Wildman–Crippen MR) is 33.8 cm³/mol. The van der Waals surface area contributed by atoms with Gasteiger partial charge in [0.1, 0.15) is 0 Å². The van der Waals surface area contributed by atoms with Crippen LogP contribution in [0, 0.1) is 0 Å². The van der Waals surface area contributed by atoms with Crippen LogP contribution in [0.1, 0.15) is 0 Å². The van der Waals surface area contributed by atoms with Gasteiger partial charge in [0.2, 0.25) is 0 Å². The summed E-state index contributed by atoms with van der Waals surface area (Å²) in [5, 5.41) is 17.2. The molecule has 0 saturated heterocycles. The lowest BCUT2D eigenvalue weighted by atomic mass is 10.7. The molecule has 0 fully saturated rings. The molecule has 1 amide bonds. The van der Waals surface area contributed by atoms with E-state index in [0.29, 0.717) is 0 Å². The Balaban J connectivity index is 0. The van der Waals surface area contributed by atoms with Crippen LogP contribution in [0.4, 0.5) is 4.79 Å². The zero-order chi connectivity index (χ0) is 8.57. The van der Waals surface area contributed by atoms with E-state index < -0.39 is 12.1 Å². The van der Waals surface area contributed by atoms with Crippen LogP contribution in [0.3, 0.4) is 0 Å². The summed E-state index contributed by atoms with van der Waals surface area (Å²) in [6, 6.07) is 0. The van der Waals surface area contributed by atoms with E-state index in [1.54, 1.807) is 0 Å². The fraction of sp³-hybridized carbons (Fsp3) is 0.500. The molecule has 0 aromatic heterocycles. The third kappa shape index (κ3) is 29.9. The third-order valence-corrected chi connectivity index (χ3v) is 0.388. The molecule has 0 radical (unpaired) electrons. The molecule has 0 atom stereocenters. The van der Waals surface area contributed by atoms with E-state index in [4.69, 9.17) is 10.2 Å². The number of carboxylic acids is 1. The van der Waals surface area contributed by atoms with Crippen molar-refractivity contribution < 1.29 is 19.8 Å². The molecule has 0 rings (SSSR count). The first-order chi connectivity index (χ1) is 4.54. The highest BCUT2D eigenvalue weighted by molar-refractivity contribution is 5.68. The second kappa shape index (κ2) is 7.70. The van der Waals surface area contributed by atoms with Crippen molar-refractivity contribution in [2.45, 2.75) is 0 Å². The summed E-state index contributed by atoms with van der Waals surface area (Å²) in [7, 11) is 1.35. The second-order valence-corrected chi connectivity index (χ2v) is 1.15. The third-order valence-electron chi connectivity index (χ3n) is 0.388. The van der Waals surface area contributed by atoms with Crippen molar-refractivity contribution in [1.29, 1.82) is 0 Å². The first-order valence-electron chi connectivity index (χ1n) is 2.37. The topological polar surface area (TPSA) is 113 Å². The average molecular weight is 150 g/mol. The number of carbonyl (C=O) groups is 2. The number of carboxylic acid groups (broad SMARTS) is 2. The fourth-order valence-corrected chi connectivity index (χ4v) is 0. The highest BCUT2D eigenvalue weighted by Crippen LogP contribution is 1.46. The quantitative estimate of drug-likeness (QED) is 0.379. The van der Waals surface area contributed by atoms with Gasteiger partial charge in [-0.25, -0.2) is 4.79 Å². The largest absolute Gasteiger partial charge is 0.480 e. The Hall–Kier alpha value is -1.30. The van der Waals surface area contributed by atoms with Gasteiger partial charge in [-0.15, -0.1) is 0 Å². The molecule has 6 nitrogen and oxygen atoms in total. The summed E-state index contributed by atoms with van der Waals surface area (Å²) in [6.45, 7) is -0.278. The van der Waals surface area contributed by atoms with Gasteiger partial charge in [-0.05, 0) is 0 Å². The van der Waals surface area contributed by atoms with Crippen LogP contribution < -0.4 is 11.1 Å². The van der Waals surface area contributed by atoms with Gasteiger partial charge < -0.3 is 21.3 Å². The van der Waals surface area contributed by atoms with Crippen LogP contribution in [0.5, 0.6) is 0 Å². The maximum Gasteiger partial charge on any atom is 0.404 e. The molecular weight excluding hydrogens is 140 g/mol. The smallest absolute Gasteiger partial charge is 0.404 e. The minimum atomic E-state index is -0.995. The van der Waals surface area contributed by atoms with Crippen molar-refractivity contribution in [1.82, 2.24) is 5.32 Å². The molecule has 6 heteroatoms. The van der Waals surface area contributed by atoms with Crippen molar-refractivity contribution in [2.75, 3.05) is 13.6 Å². The van der Waals surface area contributed by atoms with E-state index in [2.05, 4.69) is 5.73 Å². The van der Waals surface area contributed by atoms with E-state index >= 15 is 0 Å². The minimum absolute atomic E-state index is 0.278. The normalized spacial score (nSPS) is 7.00. The number of amides is 1. The SMILES string of the molecule is CNC(=O)O.NCC(=O)O. The average Bonchev–Trinajstić information content (AvgIpc) is 1.89. The number of nitrogens with two attached hydrogens (primary N) is 1. The van der Waals surface area contributed by atoms with Crippen LogP contribution in [0.15, 0.2) is 0 Å². The predicted octanol–water partition coefficient (Wildman–Crippen LogP) is -1.09. The molecule has 10 heavy (non-hydrogen) atoms. The molecule has 0 saturated carbocycles. The van der Waals surface area contributed by atoms with Crippen molar-refractivity contribution >= 4 is 12.1 Å². The monoisotopic (exact) mass is 150 g/mol. The fourth-order valence-electron chi connectivity index (χ4n) is 0. The van der Waals surface area contributed by atoms with E-state index in [9.17, 15) is 9.59 Å². The summed E-state index contributed by atoms with van der Waals surface area (Å²) in [5.41, 5.74) is 4.57. The number of hydrogen-bond donors (Lipinski definition) is 4. The van der Waals surface area contributed by atoms with Gasteiger partial charge in [0, 0.05) is 7.05 Å². The van der Waals surface area contributed by atoms with E-state index in [1.807, 2.05) is 5.32 Å². The summed E-state index contributed by atoms with van der Waals surface area (Å²) < 4.78 is 0. The van der Waals surface area contributed by atoms with Crippen molar-refractivity contribution in [3.63, 3.8) is 0 Å². The van der Waals surface area contributed by atoms with Gasteiger partial charge in [-0.2, -0.15) is 0 Å². The maximum absolute atomic E-state index is 9.26. The highest BCUT2D eigenvalue weighted by Gasteiger charge is 1.81. The van der Waals surface area contributed by atoms with Crippen LogP contribution in [0.25, 0.3) is 0 Å². The summed E-state index contributed by atoms with van der Waals surface area (Å²) >= 11 is 0. The Morgan fingerprint density at radius 3 is 1.70 bits per heavy atom. The molecule has 0 aliphatic carbocycles. The van der Waals surface area contributed by atoms with Gasteiger partial charge in [-0.1, -0.05) is 0 Å². The van der Waals surface area contributed by atoms with E-state index in [1.165, 1.54) is 7.05 Å². The van der Waals surface area contributed by atoms with Crippen molar-refractivity contribution in [3.05, 3.63) is 0 Å². The summed E-state index contributed by atoms with van der Waals surface area (Å²) in [6.07, 6.45) is -0.995. The lowest BCUT2D eigenvalue weighted by molar-refractivity contribution is -0.135. The number of nitrogens with one attached hydrogen (secondary N) is 1. The van der Waals surface area contributed by atoms with Crippen LogP contribution in [-0.2, 0) is 4.79 Å². The molecular formula is C4H10N2O4. The zero-order valence-electron chi connectivity index (χ0n) is 5.50. The molecule has 0 heterocycles. The van der Waals surface area contributed by atoms with Crippen LogP contribution in [0.2, 0.25) is 0 Å². The van der Waals surface area contributed by atoms with Gasteiger partial charge in [-0.3, -0.25) is 4.79 Å². The van der Waals surface area contributed by atoms with Crippen molar-refractivity contribution in [3.8, 4) is 0 Å².